The van der Waals surface area contributed by atoms with Gasteiger partial charge in [0.15, 0.2) is 0 Å². The van der Waals surface area contributed by atoms with Crippen molar-refractivity contribution in [2.45, 2.75) is 12.5 Å². The summed E-state index contributed by atoms with van der Waals surface area (Å²) in [5, 5.41) is 12.9. The third-order valence-electron chi connectivity index (χ3n) is 4.85. The predicted molar refractivity (Wildman–Crippen MR) is 116 cm³/mol. The first kappa shape index (κ1) is 20.3. The number of pyridine rings is 2. The van der Waals surface area contributed by atoms with Crippen LogP contribution in [-0.2, 0) is 0 Å². The fourth-order valence-electron chi connectivity index (χ4n) is 3.51. The third kappa shape index (κ3) is 3.55. The summed E-state index contributed by atoms with van der Waals surface area (Å²) >= 11 is 19.3. The SMILES string of the molecule is COc1cc(OC)c(Cl)c(-c2cc3cnc(Cl)cc3c(N3CC(C)(O)C3)n2)c1Cl. The summed E-state index contributed by atoms with van der Waals surface area (Å²) in [6.07, 6.45) is 1.67. The van der Waals surface area contributed by atoms with Crippen LogP contribution in [0.25, 0.3) is 22.0 Å². The van der Waals surface area contributed by atoms with E-state index in [1.807, 2.05) is 11.0 Å². The molecule has 0 atom stereocenters. The van der Waals surface area contributed by atoms with E-state index in [-0.39, 0.29) is 0 Å². The fourth-order valence-corrected chi connectivity index (χ4v) is 4.36. The van der Waals surface area contributed by atoms with Crippen molar-refractivity contribution in [3.05, 3.63) is 39.6 Å². The van der Waals surface area contributed by atoms with Gasteiger partial charge in [-0.3, -0.25) is 0 Å². The molecule has 1 fully saturated rings. The number of anilines is 1. The number of aliphatic hydroxyl groups is 1. The van der Waals surface area contributed by atoms with Crippen molar-refractivity contribution in [3.8, 4) is 22.8 Å². The molecule has 0 saturated carbocycles. The molecule has 1 N–H and O–H groups in total. The van der Waals surface area contributed by atoms with Crippen LogP contribution >= 0.6 is 34.8 Å². The maximum Gasteiger partial charge on any atom is 0.141 e. The van der Waals surface area contributed by atoms with Gasteiger partial charge in [0.1, 0.15) is 22.5 Å². The van der Waals surface area contributed by atoms with Crippen LogP contribution in [0.1, 0.15) is 6.92 Å². The van der Waals surface area contributed by atoms with E-state index in [2.05, 4.69) is 4.98 Å². The van der Waals surface area contributed by atoms with Crippen molar-refractivity contribution in [1.82, 2.24) is 9.97 Å². The Labute approximate surface area is 182 Å². The summed E-state index contributed by atoms with van der Waals surface area (Å²) < 4.78 is 10.7. The number of rotatable bonds is 4. The second kappa shape index (κ2) is 7.36. The summed E-state index contributed by atoms with van der Waals surface area (Å²) in [5.41, 5.74) is 0.264. The number of nitrogens with zero attached hydrogens (tertiary/aromatic N) is 3. The molecule has 0 bridgehead atoms. The van der Waals surface area contributed by atoms with Crippen LogP contribution in [0.5, 0.6) is 11.5 Å². The van der Waals surface area contributed by atoms with E-state index in [1.54, 1.807) is 25.3 Å². The monoisotopic (exact) mass is 453 g/mol. The van der Waals surface area contributed by atoms with Crippen molar-refractivity contribution < 1.29 is 14.6 Å². The van der Waals surface area contributed by atoms with Crippen LogP contribution in [0.3, 0.4) is 0 Å². The zero-order valence-corrected chi connectivity index (χ0v) is 18.2. The molecule has 2 aromatic heterocycles. The number of aromatic nitrogens is 2. The molecule has 1 saturated heterocycles. The van der Waals surface area contributed by atoms with E-state index in [0.717, 1.165) is 10.8 Å². The van der Waals surface area contributed by atoms with Gasteiger partial charge in [0, 0.05) is 41.7 Å². The Bertz CT molecular complexity index is 1090. The van der Waals surface area contributed by atoms with Gasteiger partial charge in [0.2, 0.25) is 0 Å². The Morgan fingerprint density at radius 3 is 2.21 bits per heavy atom. The van der Waals surface area contributed by atoms with Crippen molar-refractivity contribution in [2.24, 2.45) is 0 Å². The standard InChI is InChI=1S/C20H18Cl3N3O3/c1-20(27)8-26(9-20)19-11-5-15(21)24-7-10(11)4-12(25-19)16-17(22)13(28-2)6-14(29-3)18(16)23/h4-7,27H,8-9H2,1-3H3. The first-order valence-electron chi connectivity index (χ1n) is 8.78. The summed E-state index contributed by atoms with van der Waals surface area (Å²) in [6, 6.07) is 5.22. The molecule has 0 unspecified atom stereocenters. The van der Waals surface area contributed by atoms with Crippen LogP contribution in [0.4, 0.5) is 5.82 Å². The lowest BCUT2D eigenvalue weighted by atomic mass is 9.96. The quantitative estimate of drug-likeness (QED) is 0.569. The Morgan fingerprint density at radius 2 is 1.66 bits per heavy atom. The number of hydrogen-bond acceptors (Lipinski definition) is 6. The molecule has 0 radical (unpaired) electrons. The van der Waals surface area contributed by atoms with Crippen LogP contribution in [-0.4, -0.2) is 48.0 Å². The Kier molecular flexibility index (Phi) is 5.15. The molecular formula is C20H18Cl3N3O3. The first-order valence-corrected chi connectivity index (χ1v) is 9.91. The highest BCUT2D eigenvalue weighted by Gasteiger charge is 2.38. The molecule has 1 aromatic carbocycles. The van der Waals surface area contributed by atoms with Gasteiger partial charge in [-0.25, -0.2) is 9.97 Å². The smallest absolute Gasteiger partial charge is 0.141 e. The van der Waals surface area contributed by atoms with E-state index in [0.29, 0.717) is 56.9 Å². The van der Waals surface area contributed by atoms with Gasteiger partial charge in [-0.05, 0) is 19.1 Å². The minimum atomic E-state index is -0.769. The van der Waals surface area contributed by atoms with Gasteiger partial charge in [-0.1, -0.05) is 34.8 Å². The summed E-state index contributed by atoms with van der Waals surface area (Å²) in [5.74, 6) is 1.52. The van der Waals surface area contributed by atoms with Gasteiger partial charge in [0.05, 0.1) is 35.6 Å². The second-order valence-corrected chi connectivity index (χ2v) is 8.34. The first-order chi connectivity index (χ1) is 13.7. The van der Waals surface area contributed by atoms with Crippen LogP contribution < -0.4 is 14.4 Å². The normalized spacial score (nSPS) is 15.3. The molecular weight excluding hydrogens is 437 g/mol. The lowest BCUT2D eigenvalue weighted by Gasteiger charge is -2.45. The number of ether oxygens (including phenoxy) is 2. The lowest BCUT2D eigenvalue weighted by Crippen LogP contribution is -2.60. The fraction of sp³-hybridized carbons (Fsp3) is 0.300. The third-order valence-corrected chi connectivity index (χ3v) is 5.81. The van der Waals surface area contributed by atoms with Gasteiger partial charge < -0.3 is 19.5 Å². The summed E-state index contributed by atoms with van der Waals surface area (Å²) in [4.78, 5) is 11.0. The summed E-state index contributed by atoms with van der Waals surface area (Å²) in [7, 11) is 3.04. The number of benzene rings is 1. The number of halogens is 3. The van der Waals surface area contributed by atoms with Crippen molar-refractivity contribution in [3.63, 3.8) is 0 Å². The number of hydrogen-bond donors (Lipinski definition) is 1. The highest BCUT2D eigenvalue weighted by Crippen LogP contribution is 2.47. The van der Waals surface area contributed by atoms with Gasteiger partial charge in [-0.2, -0.15) is 0 Å². The second-order valence-electron chi connectivity index (χ2n) is 7.20. The molecule has 4 rings (SSSR count). The highest BCUT2D eigenvalue weighted by atomic mass is 35.5. The van der Waals surface area contributed by atoms with Gasteiger partial charge >= 0.3 is 0 Å². The molecule has 3 aromatic rings. The van der Waals surface area contributed by atoms with E-state index >= 15 is 0 Å². The molecule has 0 aliphatic carbocycles. The zero-order chi connectivity index (χ0) is 20.9. The van der Waals surface area contributed by atoms with Crippen LogP contribution in [0.15, 0.2) is 24.4 Å². The maximum atomic E-state index is 10.2. The predicted octanol–water partition coefficient (Wildman–Crippen LogP) is 4.85. The van der Waals surface area contributed by atoms with E-state index in [1.165, 1.54) is 14.2 Å². The Morgan fingerprint density at radius 1 is 1.03 bits per heavy atom. The van der Waals surface area contributed by atoms with E-state index < -0.39 is 5.60 Å². The van der Waals surface area contributed by atoms with Crippen molar-refractivity contribution >= 4 is 51.4 Å². The topological polar surface area (TPSA) is 67.7 Å². The Balaban J connectivity index is 1.98. The Hall–Kier alpha value is -1.99. The molecule has 6 nitrogen and oxygen atoms in total. The minimum absolute atomic E-state index is 0.327. The van der Waals surface area contributed by atoms with Crippen molar-refractivity contribution in [2.75, 3.05) is 32.2 Å². The maximum absolute atomic E-state index is 10.2. The average molecular weight is 455 g/mol. The van der Waals surface area contributed by atoms with Crippen LogP contribution in [0.2, 0.25) is 15.2 Å². The number of methoxy groups -OCH3 is 2. The molecule has 9 heteroatoms. The van der Waals surface area contributed by atoms with Crippen LogP contribution in [0, 0.1) is 0 Å². The molecule has 3 heterocycles. The molecule has 0 spiro atoms. The van der Waals surface area contributed by atoms with E-state index in [4.69, 9.17) is 49.3 Å². The number of fused-ring (bicyclic) bond motifs is 1. The highest BCUT2D eigenvalue weighted by molar-refractivity contribution is 6.41. The minimum Gasteiger partial charge on any atom is -0.495 e. The van der Waals surface area contributed by atoms with Crippen molar-refractivity contribution in [1.29, 1.82) is 0 Å². The summed E-state index contributed by atoms with van der Waals surface area (Å²) in [6.45, 7) is 2.67. The van der Waals surface area contributed by atoms with E-state index in [9.17, 15) is 5.11 Å². The molecule has 1 aliphatic heterocycles. The largest absolute Gasteiger partial charge is 0.495 e. The van der Waals surface area contributed by atoms with Gasteiger partial charge in [-0.15, -0.1) is 0 Å². The van der Waals surface area contributed by atoms with Gasteiger partial charge in [0.25, 0.3) is 0 Å². The molecule has 0 amide bonds. The molecule has 1 aliphatic rings. The molecule has 152 valence electrons. The average Bonchev–Trinajstić information content (AvgIpc) is 2.66. The lowest BCUT2D eigenvalue weighted by molar-refractivity contribution is 0.0307. The molecule has 29 heavy (non-hydrogen) atoms. The zero-order valence-electron chi connectivity index (χ0n) is 16.0. The number of β-amino-alcohol motifs (C(OH)–C–C–N with tert-alkyl or cyclic N) is 1.